The predicted molar refractivity (Wildman–Crippen MR) is 101 cm³/mol. The number of likely N-dealkylation sites (tertiary alicyclic amines) is 1. The zero-order valence-corrected chi connectivity index (χ0v) is 17.4. The SMILES string of the molecule is C=C[C@@H]1[C@@H]2[C@H](CN1C(=O)[C@@H](NC(=O)OC(C)(C)C)C(C)(C)OC)C2(C)C. The smallest absolute Gasteiger partial charge is 0.408 e. The molecule has 6 heteroatoms. The van der Waals surface area contributed by atoms with Crippen LogP contribution in [0, 0.1) is 17.3 Å². The average Bonchev–Trinajstić information content (AvgIpc) is 2.86. The number of carbonyl (C=O) groups is 2. The highest BCUT2D eigenvalue weighted by Gasteiger charge is 2.67. The topological polar surface area (TPSA) is 67.9 Å². The minimum Gasteiger partial charge on any atom is -0.444 e. The number of nitrogens with one attached hydrogen (secondary N) is 1. The van der Waals surface area contributed by atoms with Crippen molar-refractivity contribution in [2.24, 2.45) is 17.3 Å². The Balaban J connectivity index is 2.19. The lowest BCUT2D eigenvalue weighted by atomic mass is 9.95. The summed E-state index contributed by atoms with van der Waals surface area (Å²) < 4.78 is 10.9. The first-order valence-corrected chi connectivity index (χ1v) is 9.24. The maximum atomic E-state index is 13.3. The second-order valence-corrected chi connectivity index (χ2v) is 9.56. The molecule has 148 valence electrons. The van der Waals surface area contributed by atoms with E-state index < -0.39 is 23.3 Å². The van der Waals surface area contributed by atoms with Crippen LogP contribution in [0.1, 0.15) is 48.5 Å². The van der Waals surface area contributed by atoms with Crippen LogP contribution in [0.15, 0.2) is 12.7 Å². The second kappa shape index (κ2) is 6.55. The van der Waals surface area contributed by atoms with Gasteiger partial charge in [0.2, 0.25) is 5.91 Å². The summed E-state index contributed by atoms with van der Waals surface area (Å²) >= 11 is 0. The molecule has 2 fully saturated rings. The first-order valence-electron chi connectivity index (χ1n) is 9.24. The van der Waals surface area contributed by atoms with Crippen LogP contribution >= 0.6 is 0 Å². The first kappa shape index (κ1) is 20.7. The molecule has 0 unspecified atom stereocenters. The van der Waals surface area contributed by atoms with Gasteiger partial charge in [-0.15, -0.1) is 6.58 Å². The van der Waals surface area contributed by atoms with Crippen LogP contribution in [0.25, 0.3) is 0 Å². The highest BCUT2D eigenvalue weighted by atomic mass is 16.6. The van der Waals surface area contributed by atoms with Crippen LogP contribution in [0.5, 0.6) is 0 Å². The summed E-state index contributed by atoms with van der Waals surface area (Å²) in [6.45, 7) is 18.0. The number of nitrogens with zero attached hydrogens (tertiary/aromatic N) is 1. The Hall–Kier alpha value is -1.56. The number of methoxy groups -OCH3 is 1. The van der Waals surface area contributed by atoms with Gasteiger partial charge in [-0.25, -0.2) is 4.79 Å². The monoisotopic (exact) mass is 366 g/mol. The van der Waals surface area contributed by atoms with Gasteiger partial charge in [0.25, 0.3) is 0 Å². The standard InChI is InChI=1S/C20H34N2O4/c1-10-13-14-12(19(14,5)6)11-22(13)16(23)15(20(7,8)25-9)21-17(24)26-18(2,3)4/h10,12-15H,1,11H2,2-9H3,(H,21,24)/t12-,13+,14-,15+/m0/s1. The molecule has 4 atom stereocenters. The van der Waals surface area contributed by atoms with E-state index in [0.717, 1.165) is 0 Å². The van der Waals surface area contributed by atoms with Gasteiger partial charge in [-0.1, -0.05) is 19.9 Å². The Morgan fingerprint density at radius 1 is 1.27 bits per heavy atom. The Kier molecular flexibility index (Phi) is 5.23. The molecule has 26 heavy (non-hydrogen) atoms. The van der Waals surface area contributed by atoms with Gasteiger partial charge < -0.3 is 19.7 Å². The molecule has 1 heterocycles. The van der Waals surface area contributed by atoms with Crippen LogP contribution in [-0.2, 0) is 14.3 Å². The number of hydrogen-bond donors (Lipinski definition) is 1. The molecule has 1 saturated carbocycles. The van der Waals surface area contributed by atoms with Crippen molar-refractivity contribution in [1.29, 1.82) is 0 Å². The first-order chi connectivity index (χ1) is 11.8. The molecule has 1 aliphatic carbocycles. The van der Waals surface area contributed by atoms with Crippen LogP contribution in [0.4, 0.5) is 4.79 Å². The van der Waals surface area contributed by atoms with Crippen molar-refractivity contribution < 1.29 is 19.1 Å². The molecular weight excluding hydrogens is 332 g/mol. The highest BCUT2D eigenvalue weighted by Crippen LogP contribution is 2.65. The van der Waals surface area contributed by atoms with Crippen molar-refractivity contribution in [3.63, 3.8) is 0 Å². The third kappa shape index (κ3) is 3.75. The quantitative estimate of drug-likeness (QED) is 0.760. The van der Waals surface area contributed by atoms with Crippen molar-refractivity contribution in [1.82, 2.24) is 10.2 Å². The zero-order chi connectivity index (χ0) is 20.1. The van der Waals surface area contributed by atoms with E-state index in [0.29, 0.717) is 18.4 Å². The maximum Gasteiger partial charge on any atom is 0.408 e. The molecule has 0 spiro atoms. The molecule has 2 aliphatic rings. The third-order valence-corrected chi connectivity index (χ3v) is 5.91. The van der Waals surface area contributed by atoms with E-state index in [1.165, 1.54) is 7.11 Å². The number of carbonyl (C=O) groups excluding carboxylic acids is 2. The summed E-state index contributed by atoms with van der Waals surface area (Å²) in [6.07, 6.45) is 1.22. The van der Waals surface area contributed by atoms with Gasteiger partial charge in [-0.05, 0) is 51.9 Å². The number of amides is 2. The Bertz CT molecular complexity index is 591. The zero-order valence-electron chi connectivity index (χ0n) is 17.4. The molecule has 1 saturated heterocycles. The van der Waals surface area contributed by atoms with Crippen molar-refractivity contribution in [2.45, 2.75) is 71.8 Å². The van der Waals surface area contributed by atoms with Gasteiger partial charge in [0, 0.05) is 13.7 Å². The molecule has 0 aromatic heterocycles. The summed E-state index contributed by atoms with van der Waals surface area (Å²) in [4.78, 5) is 27.5. The number of piperidine rings is 1. The van der Waals surface area contributed by atoms with E-state index in [2.05, 4.69) is 25.7 Å². The minimum atomic E-state index is -0.873. The molecule has 1 N–H and O–H groups in total. The summed E-state index contributed by atoms with van der Waals surface area (Å²) in [7, 11) is 1.53. The number of ether oxygens (including phenoxy) is 2. The van der Waals surface area contributed by atoms with Crippen molar-refractivity contribution in [3.8, 4) is 0 Å². The lowest BCUT2D eigenvalue weighted by molar-refractivity contribution is -0.142. The number of hydrogen-bond acceptors (Lipinski definition) is 4. The molecule has 2 rings (SSSR count). The Morgan fingerprint density at radius 2 is 1.85 bits per heavy atom. The van der Waals surface area contributed by atoms with Crippen LogP contribution < -0.4 is 5.32 Å². The summed E-state index contributed by atoms with van der Waals surface area (Å²) in [5.41, 5.74) is -1.28. The number of rotatable bonds is 5. The van der Waals surface area contributed by atoms with E-state index in [4.69, 9.17) is 9.47 Å². The molecular formula is C20H34N2O4. The third-order valence-electron chi connectivity index (χ3n) is 5.91. The molecule has 0 radical (unpaired) electrons. The van der Waals surface area contributed by atoms with Crippen molar-refractivity contribution >= 4 is 12.0 Å². The summed E-state index contributed by atoms with van der Waals surface area (Å²) in [5, 5.41) is 2.72. The molecule has 6 nitrogen and oxygen atoms in total. The van der Waals surface area contributed by atoms with E-state index >= 15 is 0 Å². The number of alkyl carbamates (subject to hydrolysis) is 1. The van der Waals surface area contributed by atoms with Gasteiger partial charge in [0.15, 0.2) is 0 Å². The fraction of sp³-hybridized carbons (Fsp3) is 0.800. The van der Waals surface area contributed by atoms with Crippen LogP contribution in [0.3, 0.4) is 0 Å². The van der Waals surface area contributed by atoms with Gasteiger partial charge in [0.05, 0.1) is 11.6 Å². The van der Waals surface area contributed by atoms with Crippen LogP contribution in [0.2, 0.25) is 0 Å². The maximum absolute atomic E-state index is 13.3. The normalized spacial score (nSPS) is 28.2. The summed E-state index contributed by atoms with van der Waals surface area (Å²) in [5.74, 6) is 0.745. The van der Waals surface area contributed by atoms with Gasteiger partial charge in [-0.3, -0.25) is 4.79 Å². The minimum absolute atomic E-state index is 0.0157. The van der Waals surface area contributed by atoms with Crippen molar-refractivity contribution in [2.75, 3.05) is 13.7 Å². The van der Waals surface area contributed by atoms with Gasteiger partial charge in [0.1, 0.15) is 11.6 Å². The van der Waals surface area contributed by atoms with Gasteiger partial charge >= 0.3 is 6.09 Å². The molecule has 0 aromatic rings. The van der Waals surface area contributed by atoms with E-state index in [9.17, 15) is 9.59 Å². The van der Waals surface area contributed by atoms with E-state index in [1.807, 2.05) is 11.0 Å². The molecule has 2 amide bonds. The average molecular weight is 367 g/mol. The lowest BCUT2D eigenvalue weighted by Gasteiger charge is -2.38. The Labute approximate surface area is 157 Å². The van der Waals surface area contributed by atoms with Gasteiger partial charge in [-0.2, -0.15) is 0 Å². The predicted octanol–water partition coefficient (Wildman–Crippen LogP) is 2.97. The Morgan fingerprint density at radius 3 is 2.31 bits per heavy atom. The molecule has 1 aliphatic heterocycles. The fourth-order valence-electron chi connectivity index (χ4n) is 4.09. The largest absolute Gasteiger partial charge is 0.444 e. The second-order valence-electron chi connectivity index (χ2n) is 9.56. The van der Waals surface area contributed by atoms with Crippen LogP contribution in [-0.4, -0.2) is 53.8 Å². The van der Waals surface area contributed by atoms with E-state index in [1.54, 1.807) is 34.6 Å². The molecule has 0 aromatic carbocycles. The van der Waals surface area contributed by atoms with Crippen molar-refractivity contribution in [3.05, 3.63) is 12.7 Å². The fourth-order valence-corrected chi connectivity index (χ4v) is 4.09. The highest BCUT2D eigenvalue weighted by molar-refractivity contribution is 5.88. The molecule has 0 bridgehead atoms. The number of fused-ring (bicyclic) bond motifs is 1. The van der Waals surface area contributed by atoms with E-state index in [-0.39, 0.29) is 17.4 Å². The summed E-state index contributed by atoms with van der Waals surface area (Å²) in [6, 6.07) is -0.858. The lowest BCUT2D eigenvalue weighted by Crippen LogP contribution is -2.61.